The van der Waals surface area contributed by atoms with Crippen molar-refractivity contribution in [1.29, 1.82) is 0 Å². The number of hydrogen-bond donors (Lipinski definition) is 3. The zero-order valence-corrected chi connectivity index (χ0v) is 28.2. The number of pyridine rings is 1. The molecule has 3 N–H and O–H groups in total. The third-order valence-electron chi connectivity index (χ3n) is 10.2. The summed E-state index contributed by atoms with van der Waals surface area (Å²) >= 11 is 0. The van der Waals surface area contributed by atoms with E-state index in [1.807, 2.05) is 6.07 Å². The van der Waals surface area contributed by atoms with Crippen LogP contribution in [0.25, 0.3) is 16.9 Å². The lowest BCUT2D eigenvalue weighted by molar-refractivity contribution is 0.0738. The molecule has 3 aromatic heterocycles. The van der Waals surface area contributed by atoms with Gasteiger partial charge in [0.15, 0.2) is 11.5 Å². The van der Waals surface area contributed by atoms with Gasteiger partial charge in [0, 0.05) is 49.8 Å². The summed E-state index contributed by atoms with van der Waals surface area (Å²) in [6.45, 7) is 14.1. The van der Waals surface area contributed by atoms with Crippen LogP contribution in [0.2, 0.25) is 0 Å². The maximum Gasteiger partial charge on any atom is 0.278 e. The molecule has 1 atom stereocenters. The van der Waals surface area contributed by atoms with Gasteiger partial charge in [0.25, 0.3) is 5.56 Å². The number of allylic oxidation sites excluding steroid dienone is 1. The molecule has 5 heterocycles. The van der Waals surface area contributed by atoms with Crippen LogP contribution in [-0.2, 0) is 12.1 Å². The van der Waals surface area contributed by atoms with Gasteiger partial charge in [-0.3, -0.25) is 9.69 Å². The van der Waals surface area contributed by atoms with Crippen LogP contribution in [-0.4, -0.2) is 79.6 Å². The zero-order chi connectivity index (χ0) is 31.9. The van der Waals surface area contributed by atoms with Crippen LogP contribution in [0.4, 0.5) is 17.3 Å². The summed E-state index contributed by atoms with van der Waals surface area (Å²) in [7, 11) is 0. The van der Waals surface area contributed by atoms with Gasteiger partial charge in [0.05, 0.1) is 12.2 Å². The SMILES string of the molecule is C=CCn1c(=O)c2cnc(Nc3ccc(N4CCN(C5CCC6(CCNCC6)C5)CC4)cc3)nc2n1-c1cccc(C(C)(C)O)n1.Cl. The number of piperidine rings is 1. The minimum absolute atomic E-state index is 0. The average Bonchev–Trinajstić information content (AvgIpc) is 3.59. The second kappa shape index (κ2) is 13.4. The Morgan fingerprint density at radius 1 is 1.06 bits per heavy atom. The number of aromatic nitrogens is 5. The van der Waals surface area contributed by atoms with Gasteiger partial charge in [-0.15, -0.1) is 19.0 Å². The van der Waals surface area contributed by atoms with E-state index in [1.54, 1.807) is 42.9 Å². The Kier molecular flexibility index (Phi) is 9.44. The van der Waals surface area contributed by atoms with Crippen LogP contribution in [0.15, 0.2) is 66.1 Å². The summed E-state index contributed by atoms with van der Waals surface area (Å²) in [5.74, 6) is 0.849. The maximum atomic E-state index is 13.3. The Labute approximate surface area is 282 Å². The molecule has 1 saturated carbocycles. The van der Waals surface area contributed by atoms with Crippen molar-refractivity contribution in [2.24, 2.45) is 5.41 Å². The van der Waals surface area contributed by atoms with E-state index in [2.05, 4.69) is 61.2 Å². The highest BCUT2D eigenvalue weighted by molar-refractivity contribution is 5.85. The van der Waals surface area contributed by atoms with Crippen LogP contribution >= 0.6 is 12.4 Å². The second-order valence-electron chi connectivity index (χ2n) is 13.7. The van der Waals surface area contributed by atoms with Crippen LogP contribution < -0.4 is 21.1 Å². The van der Waals surface area contributed by atoms with Crippen molar-refractivity contribution in [2.45, 2.75) is 64.1 Å². The smallest absolute Gasteiger partial charge is 0.278 e. The van der Waals surface area contributed by atoms with Gasteiger partial charge in [0.2, 0.25) is 5.95 Å². The number of halogens is 1. The molecule has 2 aliphatic heterocycles. The van der Waals surface area contributed by atoms with E-state index >= 15 is 0 Å². The number of benzene rings is 1. The molecule has 1 spiro atoms. The van der Waals surface area contributed by atoms with Gasteiger partial charge in [-0.25, -0.2) is 19.3 Å². The Bertz CT molecular complexity index is 1760. The first kappa shape index (κ1) is 33.1. The molecular formula is C35H46ClN9O2. The van der Waals surface area contributed by atoms with Crippen LogP contribution in [0.3, 0.4) is 0 Å². The lowest BCUT2D eigenvalue weighted by Gasteiger charge is -2.40. The van der Waals surface area contributed by atoms with Gasteiger partial charge < -0.3 is 20.6 Å². The van der Waals surface area contributed by atoms with Crippen molar-refractivity contribution in [3.8, 4) is 5.82 Å². The average molecular weight is 660 g/mol. The van der Waals surface area contributed by atoms with E-state index in [-0.39, 0.29) is 24.5 Å². The number of rotatable bonds is 8. The number of nitrogens with zero attached hydrogens (tertiary/aromatic N) is 7. The van der Waals surface area contributed by atoms with Gasteiger partial charge >= 0.3 is 0 Å². The Hall–Kier alpha value is -3.77. The van der Waals surface area contributed by atoms with Crippen LogP contribution in [0.5, 0.6) is 0 Å². The molecule has 4 aromatic rings. The molecule has 0 bridgehead atoms. The van der Waals surface area contributed by atoms with Gasteiger partial charge in [-0.2, -0.15) is 4.98 Å². The minimum Gasteiger partial charge on any atom is -0.384 e. The molecule has 11 nitrogen and oxygen atoms in total. The molecule has 7 rings (SSSR count). The number of nitrogens with one attached hydrogen (secondary N) is 2. The molecule has 47 heavy (non-hydrogen) atoms. The number of anilines is 3. The van der Waals surface area contributed by atoms with Crippen molar-refractivity contribution in [3.05, 3.63) is 77.4 Å². The quantitative estimate of drug-likeness (QED) is 0.234. The first-order valence-corrected chi connectivity index (χ1v) is 16.6. The summed E-state index contributed by atoms with van der Waals surface area (Å²) in [4.78, 5) is 32.4. The fourth-order valence-electron chi connectivity index (χ4n) is 7.62. The van der Waals surface area contributed by atoms with E-state index < -0.39 is 5.60 Å². The second-order valence-corrected chi connectivity index (χ2v) is 13.7. The molecule has 0 amide bonds. The Morgan fingerprint density at radius 3 is 2.51 bits per heavy atom. The summed E-state index contributed by atoms with van der Waals surface area (Å²) in [5, 5.41) is 17.8. The molecule has 250 valence electrons. The largest absolute Gasteiger partial charge is 0.384 e. The summed E-state index contributed by atoms with van der Waals surface area (Å²) < 4.78 is 3.20. The number of fused-ring (bicyclic) bond motifs is 1. The lowest BCUT2D eigenvalue weighted by atomic mass is 9.77. The van der Waals surface area contributed by atoms with Crippen molar-refractivity contribution in [2.75, 3.05) is 49.5 Å². The fourth-order valence-corrected chi connectivity index (χ4v) is 7.62. The molecule has 3 fully saturated rings. The highest BCUT2D eigenvalue weighted by atomic mass is 35.5. The maximum absolute atomic E-state index is 13.3. The highest BCUT2D eigenvalue weighted by Gasteiger charge is 2.42. The predicted molar refractivity (Wildman–Crippen MR) is 189 cm³/mol. The van der Waals surface area contributed by atoms with E-state index in [0.29, 0.717) is 33.9 Å². The summed E-state index contributed by atoms with van der Waals surface area (Å²) in [5.41, 5.74) is 2.21. The highest BCUT2D eigenvalue weighted by Crippen LogP contribution is 2.46. The minimum atomic E-state index is -1.14. The van der Waals surface area contributed by atoms with Crippen molar-refractivity contribution < 1.29 is 5.11 Å². The van der Waals surface area contributed by atoms with Crippen molar-refractivity contribution in [3.63, 3.8) is 0 Å². The lowest BCUT2D eigenvalue weighted by Crippen LogP contribution is -2.50. The normalized spacial score (nSPS) is 20.0. The van der Waals surface area contributed by atoms with Gasteiger partial charge in [-0.1, -0.05) is 12.1 Å². The molecule has 2 saturated heterocycles. The fraction of sp³-hybridized carbons (Fsp3) is 0.486. The van der Waals surface area contributed by atoms with Crippen molar-refractivity contribution >= 4 is 40.8 Å². The van der Waals surface area contributed by atoms with Gasteiger partial charge in [-0.05, 0) is 101 Å². The summed E-state index contributed by atoms with van der Waals surface area (Å²) in [6, 6.07) is 14.5. The molecule has 1 aromatic carbocycles. The Morgan fingerprint density at radius 2 is 1.81 bits per heavy atom. The van der Waals surface area contributed by atoms with Crippen molar-refractivity contribution in [1.82, 2.24) is 34.5 Å². The predicted octanol–water partition coefficient (Wildman–Crippen LogP) is 4.60. The molecule has 3 aliphatic rings. The summed E-state index contributed by atoms with van der Waals surface area (Å²) in [6.07, 6.45) is 10.0. The number of hydrogen-bond acceptors (Lipinski definition) is 9. The number of piperazine rings is 1. The molecule has 12 heteroatoms. The monoisotopic (exact) mass is 659 g/mol. The molecule has 1 unspecified atom stereocenters. The third kappa shape index (κ3) is 6.67. The zero-order valence-electron chi connectivity index (χ0n) is 27.4. The van der Waals surface area contributed by atoms with E-state index in [9.17, 15) is 9.90 Å². The number of aliphatic hydroxyl groups is 1. The standard InChI is InChI=1S/C35H45N9O2.ClH/c1-4-18-43-32(45)28-24-37-33(40-31(28)44(43)30-7-5-6-29(39-30)34(2,3)46)38-25-8-10-26(11-9-25)41-19-21-42(22-20-41)27-12-13-35(23-27)14-16-36-17-15-35;/h4-11,24,27,36,46H,1,12-23H2,2-3H3,(H,37,38,40);1H. The Balaban J connectivity index is 0.00000386. The van der Waals surface area contributed by atoms with E-state index in [0.717, 1.165) is 37.9 Å². The van der Waals surface area contributed by atoms with Gasteiger partial charge in [0.1, 0.15) is 11.0 Å². The molecule has 0 radical (unpaired) electrons. The topological polar surface area (TPSA) is 116 Å². The van der Waals surface area contributed by atoms with E-state index in [4.69, 9.17) is 4.98 Å². The van der Waals surface area contributed by atoms with Crippen LogP contribution in [0, 0.1) is 5.41 Å². The first-order valence-electron chi connectivity index (χ1n) is 16.6. The van der Waals surface area contributed by atoms with E-state index in [1.165, 1.54) is 55.6 Å². The molecule has 1 aliphatic carbocycles. The van der Waals surface area contributed by atoms with Crippen LogP contribution in [0.1, 0.15) is 51.6 Å². The third-order valence-corrected chi connectivity index (χ3v) is 10.2. The molecular weight excluding hydrogens is 614 g/mol. The first-order chi connectivity index (χ1) is 22.2.